The predicted octanol–water partition coefficient (Wildman–Crippen LogP) is 3.28. The molecule has 0 aliphatic carbocycles. The van der Waals surface area contributed by atoms with Crippen LogP contribution in [0.2, 0.25) is 0 Å². The van der Waals surface area contributed by atoms with Gasteiger partial charge in [-0.05, 0) is 36.6 Å². The first kappa shape index (κ1) is 17.0. The van der Waals surface area contributed by atoms with Crippen molar-refractivity contribution in [3.63, 3.8) is 0 Å². The van der Waals surface area contributed by atoms with Crippen molar-refractivity contribution in [3.05, 3.63) is 81.6 Å². The summed E-state index contributed by atoms with van der Waals surface area (Å²) in [6.45, 7) is 4.71. The van der Waals surface area contributed by atoms with Crippen molar-refractivity contribution in [2.24, 2.45) is 0 Å². The third-order valence-electron chi connectivity index (χ3n) is 4.41. The standard InChI is InChI=1S/C21H22N2O2/c1-15-11-16(2)21-18(12-15)23(10-9-19(21)24)14-20(25)22(3)13-17-7-5-4-6-8-17/h4-12H,13-14H2,1-3H3. The third-order valence-corrected chi connectivity index (χ3v) is 4.41. The third kappa shape index (κ3) is 3.63. The Hall–Kier alpha value is -2.88. The maximum atomic E-state index is 12.6. The van der Waals surface area contributed by atoms with Crippen LogP contribution in [0.25, 0.3) is 10.9 Å². The first-order valence-electron chi connectivity index (χ1n) is 8.34. The zero-order valence-electron chi connectivity index (χ0n) is 14.8. The molecule has 0 aliphatic rings. The van der Waals surface area contributed by atoms with E-state index >= 15 is 0 Å². The molecule has 25 heavy (non-hydrogen) atoms. The minimum atomic E-state index is -0.00570. The van der Waals surface area contributed by atoms with E-state index in [0.717, 1.165) is 22.2 Å². The van der Waals surface area contributed by atoms with E-state index in [1.807, 2.05) is 60.9 Å². The minimum Gasteiger partial charge on any atom is -0.340 e. The smallest absolute Gasteiger partial charge is 0.242 e. The molecule has 0 saturated carbocycles. The molecule has 0 radical (unpaired) electrons. The molecule has 0 saturated heterocycles. The lowest BCUT2D eigenvalue weighted by molar-refractivity contribution is -0.131. The number of nitrogens with zero attached hydrogens (tertiary/aromatic N) is 2. The lowest BCUT2D eigenvalue weighted by atomic mass is 10.1. The SMILES string of the molecule is Cc1cc(C)c2c(=O)ccn(CC(=O)N(C)Cc3ccccc3)c2c1. The Kier molecular flexibility index (Phi) is 4.70. The Morgan fingerprint density at radius 2 is 1.80 bits per heavy atom. The summed E-state index contributed by atoms with van der Waals surface area (Å²) in [7, 11) is 1.80. The number of likely N-dealkylation sites (N-methyl/N-ethyl adjacent to an activating group) is 1. The Labute approximate surface area is 147 Å². The van der Waals surface area contributed by atoms with E-state index in [0.29, 0.717) is 11.9 Å². The molecular formula is C21H22N2O2. The van der Waals surface area contributed by atoms with Crippen LogP contribution >= 0.6 is 0 Å². The van der Waals surface area contributed by atoms with E-state index in [1.165, 1.54) is 6.07 Å². The largest absolute Gasteiger partial charge is 0.340 e. The number of fused-ring (bicyclic) bond motifs is 1. The van der Waals surface area contributed by atoms with Gasteiger partial charge in [-0.1, -0.05) is 36.4 Å². The maximum Gasteiger partial charge on any atom is 0.242 e. The van der Waals surface area contributed by atoms with Crippen molar-refractivity contribution < 1.29 is 4.79 Å². The first-order valence-corrected chi connectivity index (χ1v) is 8.34. The number of hydrogen-bond acceptors (Lipinski definition) is 2. The van der Waals surface area contributed by atoms with Crippen LogP contribution in [0, 0.1) is 13.8 Å². The Bertz CT molecular complexity index is 974. The van der Waals surface area contributed by atoms with Gasteiger partial charge in [0.2, 0.25) is 5.91 Å². The number of benzene rings is 2. The topological polar surface area (TPSA) is 42.3 Å². The van der Waals surface area contributed by atoms with Gasteiger partial charge in [0.05, 0.1) is 5.52 Å². The molecule has 4 heteroatoms. The zero-order valence-corrected chi connectivity index (χ0v) is 14.8. The van der Waals surface area contributed by atoms with E-state index in [9.17, 15) is 9.59 Å². The lowest BCUT2D eigenvalue weighted by Crippen LogP contribution is -2.30. The summed E-state index contributed by atoms with van der Waals surface area (Å²) in [6, 6.07) is 15.4. The van der Waals surface area contributed by atoms with Gasteiger partial charge in [-0.3, -0.25) is 9.59 Å². The van der Waals surface area contributed by atoms with Crippen LogP contribution in [0.15, 0.2) is 59.5 Å². The first-order chi connectivity index (χ1) is 12.0. The molecule has 0 spiro atoms. The van der Waals surface area contributed by atoms with Gasteiger partial charge in [0.1, 0.15) is 6.54 Å². The highest BCUT2D eigenvalue weighted by molar-refractivity contribution is 5.85. The molecule has 0 bridgehead atoms. The second-order valence-corrected chi connectivity index (χ2v) is 6.52. The Balaban J connectivity index is 1.89. The quantitative estimate of drug-likeness (QED) is 0.735. The molecule has 128 valence electrons. The number of carbonyl (C=O) groups is 1. The molecule has 2 aromatic carbocycles. The fourth-order valence-electron chi connectivity index (χ4n) is 3.16. The van der Waals surface area contributed by atoms with Gasteiger partial charge in [0, 0.05) is 31.2 Å². The molecule has 3 aromatic rings. The molecule has 3 rings (SSSR count). The highest BCUT2D eigenvalue weighted by atomic mass is 16.2. The van der Waals surface area contributed by atoms with Crippen LogP contribution < -0.4 is 5.43 Å². The summed E-state index contributed by atoms with van der Waals surface area (Å²) in [5.41, 5.74) is 3.92. The Morgan fingerprint density at radius 3 is 2.52 bits per heavy atom. The Morgan fingerprint density at radius 1 is 1.08 bits per heavy atom. The molecule has 0 N–H and O–H groups in total. The van der Waals surface area contributed by atoms with Crippen LogP contribution in [0.3, 0.4) is 0 Å². The summed E-state index contributed by atoms with van der Waals surface area (Å²) in [5.74, 6) is 0.00737. The van der Waals surface area contributed by atoms with Crippen molar-refractivity contribution in [3.8, 4) is 0 Å². The highest BCUT2D eigenvalue weighted by Gasteiger charge is 2.13. The van der Waals surface area contributed by atoms with Crippen LogP contribution in [-0.2, 0) is 17.9 Å². The van der Waals surface area contributed by atoms with E-state index in [-0.39, 0.29) is 17.9 Å². The molecule has 1 amide bonds. The van der Waals surface area contributed by atoms with Gasteiger partial charge in [-0.2, -0.15) is 0 Å². The van der Waals surface area contributed by atoms with Crippen molar-refractivity contribution in [1.82, 2.24) is 9.47 Å². The molecule has 0 aliphatic heterocycles. The number of aromatic nitrogens is 1. The van der Waals surface area contributed by atoms with E-state index < -0.39 is 0 Å². The van der Waals surface area contributed by atoms with Gasteiger partial charge >= 0.3 is 0 Å². The molecule has 0 fully saturated rings. The number of rotatable bonds is 4. The minimum absolute atomic E-state index is 0.00570. The molecule has 4 nitrogen and oxygen atoms in total. The van der Waals surface area contributed by atoms with E-state index in [4.69, 9.17) is 0 Å². The maximum absolute atomic E-state index is 12.6. The summed E-state index contributed by atoms with van der Waals surface area (Å²) in [4.78, 5) is 26.6. The normalized spacial score (nSPS) is 10.8. The summed E-state index contributed by atoms with van der Waals surface area (Å²) in [5, 5.41) is 0.687. The van der Waals surface area contributed by atoms with Gasteiger partial charge in [-0.25, -0.2) is 0 Å². The van der Waals surface area contributed by atoms with Crippen molar-refractivity contribution in [1.29, 1.82) is 0 Å². The monoisotopic (exact) mass is 334 g/mol. The van der Waals surface area contributed by atoms with E-state index in [2.05, 4.69) is 0 Å². The van der Waals surface area contributed by atoms with Crippen molar-refractivity contribution in [2.45, 2.75) is 26.9 Å². The summed E-state index contributed by atoms with van der Waals surface area (Å²) in [6.07, 6.45) is 1.71. The molecule has 0 unspecified atom stereocenters. The average molecular weight is 334 g/mol. The van der Waals surface area contributed by atoms with Crippen LogP contribution in [0.4, 0.5) is 0 Å². The van der Waals surface area contributed by atoms with E-state index in [1.54, 1.807) is 18.1 Å². The fourth-order valence-corrected chi connectivity index (χ4v) is 3.16. The predicted molar refractivity (Wildman–Crippen MR) is 101 cm³/mol. The van der Waals surface area contributed by atoms with Gasteiger partial charge < -0.3 is 9.47 Å². The number of carbonyl (C=O) groups excluding carboxylic acids is 1. The zero-order chi connectivity index (χ0) is 18.0. The van der Waals surface area contributed by atoms with Gasteiger partial charge in [0.25, 0.3) is 0 Å². The summed E-state index contributed by atoms with van der Waals surface area (Å²) >= 11 is 0. The summed E-state index contributed by atoms with van der Waals surface area (Å²) < 4.78 is 1.86. The molecule has 1 heterocycles. The highest BCUT2D eigenvalue weighted by Crippen LogP contribution is 2.17. The van der Waals surface area contributed by atoms with Crippen molar-refractivity contribution in [2.75, 3.05) is 7.05 Å². The lowest BCUT2D eigenvalue weighted by Gasteiger charge is -2.19. The molecular weight excluding hydrogens is 312 g/mol. The number of pyridine rings is 1. The van der Waals surface area contributed by atoms with Crippen molar-refractivity contribution >= 4 is 16.8 Å². The fraction of sp³-hybridized carbons (Fsp3) is 0.238. The second kappa shape index (κ2) is 6.93. The van der Waals surface area contributed by atoms with Crippen LogP contribution in [-0.4, -0.2) is 22.4 Å². The number of amides is 1. The van der Waals surface area contributed by atoms with Crippen LogP contribution in [0.5, 0.6) is 0 Å². The van der Waals surface area contributed by atoms with Gasteiger partial charge in [-0.15, -0.1) is 0 Å². The average Bonchev–Trinajstić information content (AvgIpc) is 2.57. The van der Waals surface area contributed by atoms with Crippen LogP contribution in [0.1, 0.15) is 16.7 Å². The van der Waals surface area contributed by atoms with Gasteiger partial charge in [0.15, 0.2) is 5.43 Å². The second-order valence-electron chi connectivity index (χ2n) is 6.52. The number of hydrogen-bond donors (Lipinski definition) is 0. The molecule has 1 aromatic heterocycles. The molecule has 0 atom stereocenters. The number of aryl methyl sites for hydroxylation is 2.